The molecule has 0 aromatic carbocycles. The summed E-state index contributed by atoms with van der Waals surface area (Å²) in [5.41, 5.74) is 0.335. The number of aliphatic hydroxyl groups is 1. The number of nitrogens with one attached hydrogen (secondary N) is 1. The number of hydrogen-bond acceptors (Lipinski definition) is 3. The Morgan fingerprint density at radius 1 is 1.35 bits per heavy atom. The Hall–Kier alpha value is -0.870. The molecule has 1 heterocycles. The standard InChI is InChI=1S/C13H25N3O/c1-12(2,3)14-8-7-13(4,17)10-11-6-9-16(5)15-11/h6,9,14,17H,7-8,10H2,1-5H3. The van der Waals surface area contributed by atoms with Crippen LogP contribution >= 0.6 is 0 Å². The van der Waals surface area contributed by atoms with Crippen molar-refractivity contribution in [3.8, 4) is 0 Å². The topological polar surface area (TPSA) is 50.1 Å². The minimum absolute atomic E-state index is 0.0983. The van der Waals surface area contributed by atoms with Crippen LogP contribution in [0.15, 0.2) is 12.3 Å². The van der Waals surface area contributed by atoms with Gasteiger partial charge in [0.15, 0.2) is 0 Å². The molecule has 0 aliphatic carbocycles. The van der Waals surface area contributed by atoms with Crippen LogP contribution in [0.4, 0.5) is 0 Å². The molecule has 4 nitrogen and oxygen atoms in total. The lowest BCUT2D eigenvalue weighted by atomic mass is 9.95. The van der Waals surface area contributed by atoms with Crippen molar-refractivity contribution in [3.05, 3.63) is 18.0 Å². The molecule has 1 unspecified atom stereocenters. The highest BCUT2D eigenvalue weighted by atomic mass is 16.3. The van der Waals surface area contributed by atoms with Crippen LogP contribution in [0.2, 0.25) is 0 Å². The first-order valence-electron chi connectivity index (χ1n) is 6.14. The molecule has 0 saturated carbocycles. The second kappa shape index (κ2) is 5.19. The van der Waals surface area contributed by atoms with Gasteiger partial charge in [-0.15, -0.1) is 0 Å². The molecule has 0 bridgehead atoms. The Morgan fingerprint density at radius 2 is 2.00 bits per heavy atom. The van der Waals surface area contributed by atoms with E-state index in [1.807, 2.05) is 26.2 Å². The largest absolute Gasteiger partial charge is 0.390 e. The number of aryl methyl sites for hydroxylation is 1. The van der Waals surface area contributed by atoms with E-state index in [1.165, 1.54) is 0 Å². The van der Waals surface area contributed by atoms with E-state index in [9.17, 15) is 5.11 Å². The zero-order valence-corrected chi connectivity index (χ0v) is 11.6. The molecule has 1 rings (SSSR count). The Morgan fingerprint density at radius 3 is 2.47 bits per heavy atom. The van der Waals surface area contributed by atoms with E-state index in [0.29, 0.717) is 6.42 Å². The second-order valence-corrected chi connectivity index (χ2v) is 6.08. The third-order valence-corrected chi connectivity index (χ3v) is 2.65. The molecule has 17 heavy (non-hydrogen) atoms. The van der Waals surface area contributed by atoms with Crippen LogP contribution in [-0.2, 0) is 13.5 Å². The zero-order chi connectivity index (χ0) is 13.1. The number of hydrogen-bond donors (Lipinski definition) is 2. The van der Waals surface area contributed by atoms with Gasteiger partial charge in [0.05, 0.1) is 11.3 Å². The zero-order valence-electron chi connectivity index (χ0n) is 11.6. The van der Waals surface area contributed by atoms with Gasteiger partial charge in [-0.25, -0.2) is 0 Å². The first kappa shape index (κ1) is 14.2. The summed E-state index contributed by atoms with van der Waals surface area (Å²) in [6.45, 7) is 9.05. The Balaban J connectivity index is 2.41. The smallest absolute Gasteiger partial charge is 0.0687 e. The van der Waals surface area contributed by atoms with Crippen LogP contribution in [-0.4, -0.2) is 32.6 Å². The molecular weight excluding hydrogens is 214 g/mol. The van der Waals surface area contributed by atoms with E-state index in [4.69, 9.17) is 0 Å². The molecule has 0 aliphatic rings. The van der Waals surface area contributed by atoms with Crippen molar-refractivity contribution >= 4 is 0 Å². The fourth-order valence-electron chi connectivity index (χ4n) is 1.74. The van der Waals surface area contributed by atoms with E-state index in [2.05, 4.69) is 31.2 Å². The van der Waals surface area contributed by atoms with Crippen LogP contribution in [0.25, 0.3) is 0 Å². The molecule has 0 spiro atoms. The van der Waals surface area contributed by atoms with E-state index < -0.39 is 5.60 Å². The summed E-state index contributed by atoms with van der Waals surface area (Å²) in [4.78, 5) is 0. The molecule has 1 aromatic rings. The molecule has 0 radical (unpaired) electrons. The van der Waals surface area contributed by atoms with Crippen LogP contribution in [0, 0.1) is 0 Å². The van der Waals surface area contributed by atoms with Crippen LogP contribution < -0.4 is 5.32 Å². The van der Waals surface area contributed by atoms with E-state index in [0.717, 1.165) is 18.7 Å². The Bertz CT molecular complexity index is 350. The van der Waals surface area contributed by atoms with Gasteiger partial charge in [-0.2, -0.15) is 5.10 Å². The molecule has 4 heteroatoms. The maximum atomic E-state index is 10.3. The summed E-state index contributed by atoms with van der Waals surface area (Å²) < 4.78 is 1.76. The van der Waals surface area contributed by atoms with Gasteiger partial charge < -0.3 is 10.4 Å². The van der Waals surface area contributed by atoms with E-state index >= 15 is 0 Å². The average molecular weight is 239 g/mol. The second-order valence-electron chi connectivity index (χ2n) is 6.08. The first-order valence-corrected chi connectivity index (χ1v) is 6.14. The summed E-state index contributed by atoms with van der Waals surface area (Å²) in [5.74, 6) is 0. The molecule has 1 atom stereocenters. The normalized spacial score (nSPS) is 15.9. The third kappa shape index (κ3) is 5.84. The van der Waals surface area contributed by atoms with Crippen LogP contribution in [0.5, 0.6) is 0 Å². The van der Waals surface area contributed by atoms with Gasteiger partial charge in [0.25, 0.3) is 0 Å². The fraction of sp³-hybridized carbons (Fsp3) is 0.769. The minimum Gasteiger partial charge on any atom is -0.390 e. The lowest BCUT2D eigenvalue weighted by Crippen LogP contribution is -2.40. The summed E-state index contributed by atoms with van der Waals surface area (Å²) in [6, 6.07) is 1.95. The summed E-state index contributed by atoms with van der Waals surface area (Å²) in [5, 5.41) is 18.0. The Labute approximate surface area is 104 Å². The number of rotatable bonds is 5. The predicted molar refractivity (Wildman–Crippen MR) is 69.9 cm³/mol. The third-order valence-electron chi connectivity index (χ3n) is 2.65. The van der Waals surface area contributed by atoms with Gasteiger partial charge in [0.1, 0.15) is 0 Å². The monoisotopic (exact) mass is 239 g/mol. The molecule has 0 amide bonds. The van der Waals surface area contributed by atoms with Crippen LogP contribution in [0.3, 0.4) is 0 Å². The molecule has 0 fully saturated rings. The van der Waals surface area contributed by atoms with Gasteiger partial charge in [0.2, 0.25) is 0 Å². The number of nitrogens with zero attached hydrogens (tertiary/aromatic N) is 2. The summed E-state index contributed by atoms with van der Waals surface area (Å²) in [7, 11) is 1.89. The Kier molecular flexibility index (Phi) is 4.33. The maximum absolute atomic E-state index is 10.3. The van der Waals surface area contributed by atoms with Crippen molar-refractivity contribution < 1.29 is 5.11 Å². The highest BCUT2D eigenvalue weighted by Gasteiger charge is 2.22. The van der Waals surface area contributed by atoms with Crippen molar-refractivity contribution in [2.24, 2.45) is 7.05 Å². The van der Waals surface area contributed by atoms with E-state index in [-0.39, 0.29) is 5.54 Å². The van der Waals surface area contributed by atoms with Crippen molar-refractivity contribution in [1.82, 2.24) is 15.1 Å². The average Bonchev–Trinajstić information content (AvgIpc) is 2.47. The minimum atomic E-state index is -0.702. The first-order chi connectivity index (χ1) is 7.68. The molecule has 0 aliphatic heterocycles. The van der Waals surface area contributed by atoms with Gasteiger partial charge in [-0.1, -0.05) is 0 Å². The fourth-order valence-corrected chi connectivity index (χ4v) is 1.74. The quantitative estimate of drug-likeness (QED) is 0.818. The van der Waals surface area contributed by atoms with Crippen molar-refractivity contribution in [3.63, 3.8) is 0 Å². The van der Waals surface area contributed by atoms with Gasteiger partial charge in [-0.05, 0) is 46.7 Å². The maximum Gasteiger partial charge on any atom is 0.0687 e. The molecule has 1 aromatic heterocycles. The van der Waals surface area contributed by atoms with Crippen molar-refractivity contribution in [2.45, 2.75) is 51.7 Å². The van der Waals surface area contributed by atoms with Crippen molar-refractivity contribution in [1.29, 1.82) is 0 Å². The molecule has 0 saturated heterocycles. The summed E-state index contributed by atoms with van der Waals surface area (Å²) in [6.07, 6.45) is 3.22. The highest BCUT2D eigenvalue weighted by Crippen LogP contribution is 2.15. The lowest BCUT2D eigenvalue weighted by molar-refractivity contribution is 0.0489. The van der Waals surface area contributed by atoms with Gasteiger partial charge in [0, 0.05) is 25.2 Å². The predicted octanol–water partition coefficient (Wildman–Crippen LogP) is 1.49. The summed E-state index contributed by atoms with van der Waals surface area (Å²) >= 11 is 0. The van der Waals surface area contributed by atoms with E-state index in [1.54, 1.807) is 4.68 Å². The van der Waals surface area contributed by atoms with Gasteiger partial charge in [-0.3, -0.25) is 4.68 Å². The van der Waals surface area contributed by atoms with Crippen LogP contribution in [0.1, 0.15) is 39.8 Å². The van der Waals surface area contributed by atoms with Gasteiger partial charge >= 0.3 is 0 Å². The number of aromatic nitrogens is 2. The molecule has 2 N–H and O–H groups in total. The lowest BCUT2D eigenvalue weighted by Gasteiger charge is -2.26. The highest BCUT2D eigenvalue weighted by molar-refractivity contribution is 5.03. The SMILES string of the molecule is Cn1ccc(CC(C)(O)CCNC(C)(C)C)n1. The van der Waals surface area contributed by atoms with Crippen molar-refractivity contribution in [2.75, 3.05) is 6.54 Å². The molecule has 98 valence electrons. The molecular formula is C13H25N3O.